The monoisotopic (exact) mass is 969 g/mol. The van der Waals surface area contributed by atoms with Gasteiger partial charge in [-0.3, -0.25) is 14.4 Å². The number of unbranched alkanes of at least 4 members (excludes halogenated alkanes) is 20. The summed E-state index contributed by atoms with van der Waals surface area (Å²) in [7, 11) is 0. The summed E-state index contributed by atoms with van der Waals surface area (Å²) < 4.78 is 16.8. The van der Waals surface area contributed by atoms with Gasteiger partial charge in [0.15, 0.2) is 6.10 Å². The quantitative estimate of drug-likeness (QED) is 0.0199. The first kappa shape index (κ1) is 65.8. The van der Waals surface area contributed by atoms with E-state index in [1.807, 2.05) is 0 Å². The van der Waals surface area contributed by atoms with E-state index in [1.54, 1.807) is 0 Å². The lowest BCUT2D eigenvalue weighted by molar-refractivity contribution is -0.167. The summed E-state index contributed by atoms with van der Waals surface area (Å²) in [5, 5.41) is 0. The Morgan fingerprint density at radius 2 is 0.614 bits per heavy atom. The molecule has 0 N–H and O–H groups in total. The number of hydrogen-bond acceptors (Lipinski definition) is 6. The van der Waals surface area contributed by atoms with E-state index in [4.69, 9.17) is 14.2 Å². The van der Waals surface area contributed by atoms with Gasteiger partial charge in [0.25, 0.3) is 0 Å². The maximum absolute atomic E-state index is 12.8. The third-order valence-corrected chi connectivity index (χ3v) is 11.7. The van der Waals surface area contributed by atoms with Crippen LogP contribution in [0, 0.1) is 0 Å². The molecule has 70 heavy (non-hydrogen) atoms. The summed E-state index contributed by atoms with van der Waals surface area (Å²) in [4.78, 5) is 38.1. The molecule has 6 nitrogen and oxygen atoms in total. The molecule has 0 saturated carbocycles. The van der Waals surface area contributed by atoms with Crippen LogP contribution in [0.4, 0.5) is 0 Å². The maximum Gasteiger partial charge on any atom is 0.306 e. The number of rotatable bonds is 50. The van der Waals surface area contributed by atoms with E-state index >= 15 is 0 Å². The summed E-state index contributed by atoms with van der Waals surface area (Å²) in [6.07, 6.45) is 79.1. The van der Waals surface area contributed by atoms with Crippen molar-refractivity contribution in [1.29, 1.82) is 0 Å². The van der Waals surface area contributed by atoms with Crippen LogP contribution >= 0.6 is 0 Å². The number of esters is 3. The molecule has 0 heterocycles. The normalized spacial score (nSPS) is 13.0. The molecule has 0 aromatic heterocycles. The molecule has 0 radical (unpaired) electrons. The van der Waals surface area contributed by atoms with Gasteiger partial charge in [-0.15, -0.1) is 0 Å². The number of carbonyl (C=O) groups is 3. The van der Waals surface area contributed by atoms with Gasteiger partial charge in [-0.25, -0.2) is 0 Å². The van der Waals surface area contributed by atoms with Crippen molar-refractivity contribution in [2.75, 3.05) is 13.2 Å². The second-order valence-electron chi connectivity index (χ2n) is 18.5. The highest BCUT2D eigenvalue weighted by Crippen LogP contribution is 2.14. The van der Waals surface area contributed by atoms with Gasteiger partial charge >= 0.3 is 17.9 Å². The standard InChI is InChI=1S/C64H104O6/c1-4-7-10-13-16-19-22-25-28-31-32-34-36-39-42-45-48-51-54-57-63(66)69-60-61(59-68-62(65)56-53-50-47-44-41-38-35-30-27-24-21-18-15-12-9-6-3)70-64(67)58-55-52-49-46-43-40-37-33-29-26-23-20-17-14-11-8-5-2/h7-8,10-11,16-17,19-20,25-26,28-30,35,37-38,40-41,46,49,61H,4-6,9,12-15,18,21-24,27,31-34,36,39,42-45,47-48,50-60H2,1-3H3/b10-7-,11-8-,19-16-,20-17-,28-25-,29-26-,35-30-,40-37-,41-38-,49-46-. The fraction of sp³-hybridized carbons (Fsp3) is 0.641. The molecule has 0 bridgehead atoms. The van der Waals surface area contributed by atoms with E-state index in [9.17, 15) is 14.4 Å². The minimum absolute atomic E-state index is 0.115. The Labute approximate surface area is 431 Å². The lowest BCUT2D eigenvalue weighted by atomic mass is 10.1. The minimum Gasteiger partial charge on any atom is -0.462 e. The Kier molecular flexibility index (Phi) is 54.0. The molecular formula is C64H104O6. The van der Waals surface area contributed by atoms with E-state index in [1.165, 1.54) is 83.5 Å². The SMILES string of the molecule is CC/C=C\C/C=C\C/C=C\C/C=C\C/C=C\CCCC(=O)OC(COC(=O)CCCCC/C=C\C=C/CCCCCCCCC)COC(=O)CCCCCCCCCCC/C=C\C/C=C\C/C=C\CC. The molecule has 0 spiro atoms. The van der Waals surface area contributed by atoms with Crippen LogP contribution < -0.4 is 0 Å². The van der Waals surface area contributed by atoms with Crippen molar-refractivity contribution in [3.05, 3.63) is 122 Å². The fourth-order valence-corrected chi connectivity index (χ4v) is 7.48. The van der Waals surface area contributed by atoms with Gasteiger partial charge in [0, 0.05) is 19.3 Å². The zero-order chi connectivity index (χ0) is 50.7. The van der Waals surface area contributed by atoms with Crippen LogP contribution in [0.25, 0.3) is 0 Å². The highest BCUT2D eigenvalue weighted by molar-refractivity contribution is 5.71. The molecule has 6 heteroatoms. The van der Waals surface area contributed by atoms with Crippen molar-refractivity contribution in [2.24, 2.45) is 0 Å². The van der Waals surface area contributed by atoms with Crippen LogP contribution in [0.1, 0.15) is 245 Å². The van der Waals surface area contributed by atoms with Crippen molar-refractivity contribution in [1.82, 2.24) is 0 Å². The smallest absolute Gasteiger partial charge is 0.306 e. The third kappa shape index (κ3) is 54.7. The molecule has 0 aliphatic heterocycles. The second kappa shape index (κ2) is 57.4. The van der Waals surface area contributed by atoms with Crippen LogP contribution in [0.15, 0.2) is 122 Å². The zero-order valence-corrected chi connectivity index (χ0v) is 45.2. The zero-order valence-electron chi connectivity index (χ0n) is 45.2. The molecule has 0 saturated heterocycles. The van der Waals surface area contributed by atoms with Crippen LogP contribution in [0.2, 0.25) is 0 Å². The Morgan fingerprint density at radius 3 is 1.01 bits per heavy atom. The fourth-order valence-electron chi connectivity index (χ4n) is 7.48. The first-order valence-corrected chi connectivity index (χ1v) is 28.6. The van der Waals surface area contributed by atoms with Crippen molar-refractivity contribution < 1.29 is 28.6 Å². The Hall–Kier alpha value is -4.19. The predicted molar refractivity (Wildman–Crippen MR) is 302 cm³/mol. The maximum atomic E-state index is 12.8. The lowest BCUT2D eigenvalue weighted by Crippen LogP contribution is -2.30. The van der Waals surface area contributed by atoms with E-state index < -0.39 is 6.10 Å². The molecule has 0 aliphatic rings. The van der Waals surface area contributed by atoms with Crippen molar-refractivity contribution in [2.45, 2.75) is 252 Å². The van der Waals surface area contributed by atoms with Gasteiger partial charge in [-0.2, -0.15) is 0 Å². The number of hydrogen-bond donors (Lipinski definition) is 0. The van der Waals surface area contributed by atoms with Gasteiger partial charge in [0.2, 0.25) is 0 Å². The van der Waals surface area contributed by atoms with Crippen LogP contribution in [-0.2, 0) is 28.6 Å². The average molecular weight is 970 g/mol. The summed E-state index contributed by atoms with van der Waals surface area (Å²) in [5.41, 5.74) is 0. The van der Waals surface area contributed by atoms with Crippen LogP contribution in [0.3, 0.4) is 0 Å². The summed E-state index contributed by atoms with van der Waals surface area (Å²) in [5.74, 6) is -1.01. The summed E-state index contributed by atoms with van der Waals surface area (Å²) in [6, 6.07) is 0. The van der Waals surface area contributed by atoms with Gasteiger partial charge in [-0.05, 0) is 116 Å². The number of ether oxygens (including phenoxy) is 3. The Morgan fingerprint density at radius 1 is 0.314 bits per heavy atom. The molecule has 1 unspecified atom stereocenters. The van der Waals surface area contributed by atoms with Crippen molar-refractivity contribution in [3.63, 3.8) is 0 Å². The average Bonchev–Trinajstić information content (AvgIpc) is 3.36. The van der Waals surface area contributed by atoms with Gasteiger partial charge in [0.1, 0.15) is 13.2 Å². The van der Waals surface area contributed by atoms with Crippen molar-refractivity contribution in [3.8, 4) is 0 Å². The molecule has 0 amide bonds. The van der Waals surface area contributed by atoms with Gasteiger partial charge in [-0.1, -0.05) is 232 Å². The topological polar surface area (TPSA) is 78.9 Å². The molecule has 0 aromatic carbocycles. The van der Waals surface area contributed by atoms with Gasteiger partial charge in [0.05, 0.1) is 0 Å². The Balaban J connectivity index is 4.53. The van der Waals surface area contributed by atoms with Crippen LogP contribution in [0.5, 0.6) is 0 Å². The molecular weight excluding hydrogens is 865 g/mol. The molecule has 0 fully saturated rings. The third-order valence-electron chi connectivity index (χ3n) is 11.7. The first-order valence-electron chi connectivity index (χ1n) is 28.6. The van der Waals surface area contributed by atoms with E-state index in [-0.39, 0.29) is 37.5 Å². The highest BCUT2D eigenvalue weighted by atomic mass is 16.6. The largest absolute Gasteiger partial charge is 0.462 e. The lowest BCUT2D eigenvalue weighted by Gasteiger charge is -2.18. The first-order chi connectivity index (χ1) is 34.5. The highest BCUT2D eigenvalue weighted by Gasteiger charge is 2.19. The van der Waals surface area contributed by atoms with Crippen LogP contribution in [-0.4, -0.2) is 37.2 Å². The van der Waals surface area contributed by atoms with E-state index in [0.29, 0.717) is 19.3 Å². The van der Waals surface area contributed by atoms with E-state index in [0.717, 1.165) is 116 Å². The summed E-state index contributed by atoms with van der Waals surface area (Å²) in [6.45, 7) is 6.33. The molecule has 1 atom stereocenters. The Bertz CT molecular complexity index is 1490. The summed E-state index contributed by atoms with van der Waals surface area (Å²) >= 11 is 0. The molecule has 0 rings (SSSR count). The molecule has 0 aromatic rings. The van der Waals surface area contributed by atoms with Crippen molar-refractivity contribution >= 4 is 17.9 Å². The minimum atomic E-state index is -0.825. The molecule has 396 valence electrons. The predicted octanol–water partition coefficient (Wildman–Crippen LogP) is 19.3. The number of carbonyl (C=O) groups excluding carboxylic acids is 3. The molecule has 0 aliphatic carbocycles. The van der Waals surface area contributed by atoms with Gasteiger partial charge < -0.3 is 14.2 Å². The van der Waals surface area contributed by atoms with E-state index in [2.05, 4.69) is 142 Å². The second-order valence-corrected chi connectivity index (χ2v) is 18.5. The number of allylic oxidation sites excluding steroid dienone is 20.